The lowest BCUT2D eigenvalue weighted by Crippen LogP contribution is -2.49. The summed E-state index contributed by atoms with van der Waals surface area (Å²) in [5.41, 5.74) is 1.81. The second-order valence-corrected chi connectivity index (χ2v) is 7.33. The van der Waals surface area contributed by atoms with Crippen molar-refractivity contribution in [2.24, 2.45) is 0 Å². The summed E-state index contributed by atoms with van der Waals surface area (Å²) in [6, 6.07) is 1.75. The van der Waals surface area contributed by atoms with Crippen LogP contribution in [0.15, 0.2) is 16.8 Å². The number of hydrogen-bond acceptors (Lipinski definition) is 7. The molecule has 4 heterocycles. The number of aromatic nitrogens is 3. The third-order valence-electron chi connectivity index (χ3n) is 5.50. The Hall–Kier alpha value is -2.48. The molecule has 0 aliphatic carbocycles. The van der Waals surface area contributed by atoms with Gasteiger partial charge in [-0.05, 0) is 43.8 Å². The average Bonchev–Trinajstić information content (AvgIpc) is 3.15. The first-order valence-corrected chi connectivity index (χ1v) is 9.93. The van der Waals surface area contributed by atoms with E-state index in [0.717, 1.165) is 30.8 Å². The highest BCUT2D eigenvalue weighted by Gasteiger charge is 2.43. The van der Waals surface area contributed by atoms with E-state index in [1.165, 1.54) is 5.56 Å². The summed E-state index contributed by atoms with van der Waals surface area (Å²) in [7, 11) is 0. The van der Waals surface area contributed by atoms with E-state index in [-0.39, 0.29) is 11.5 Å². The second-order valence-electron chi connectivity index (χ2n) is 7.33. The molecular formula is C20H26N4O4. The SMILES string of the molecule is CCOc1cc(CCC(=O)N2CCC3(CC2)OCCc2cnc(C)nc23)on1. The minimum absolute atomic E-state index is 0.124. The van der Waals surface area contributed by atoms with Crippen LogP contribution in [0.4, 0.5) is 0 Å². The van der Waals surface area contributed by atoms with E-state index in [1.807, 2.05) is 24.9 Å². The van der Waals surface area contributed by atoms with Crippen LogP contribution in [0.3, 0.4) is 0 Å². The molecule has 0 bridgehead atoms. The van der Waals surface area contributed by atoms with Crippen LogP contribution in [0.1, 0.15) is 49.0 Å². The first kappa shape index (κ1) is 18.9. The zero-order chi connectivity index (χ0) is 19.6. The molecule has 0 aromatic carbocycles. The number of rotatable bonds is 5. The minimum Gasteiger partial charge on any atom is -0.476 e. The standard InChI is InChI=1S/C20H26N4O4/c1-3-26-17-12-16(28-23-17)4-5-18(25)24-9-7-20(8-10-24)19-15(6-11-27-20)13-21-14(2)22-19/h12-13H,3-11H2,1-2H3. The van der Waals surface area contributed by atoms with Gasteiger partial charge in [0.1, 0.15) is 17.2 Å². The van der Waals surface area contributed by atoms with E-state index in [0.29, 0.717) is 50.8 Å². The molecule has 0 unspecified atom stereocenters. The maximum absolute atomic E-state index is 12.6. The number of piperidine rings is 1. The molecule has 8 heteroatoms. The third-order valence-corrected chi connectivity index (χ3v) is 5.50. The summed E-state index contributed by atoms with van der Waals surface area (Å²) in [4.78, 5) is 23.6. The summed E-state index contributed by atoms with van der Waals surface area (Å²) in [6.07, 6.45) is 5.21. The largest absolute Gasteiger partial charge is 0.476 e. The maximum Gasteiger partial charge on any atom is 0.254 e. The van der Waals surface area contributed by atoms with Crippen LogP contribution in [0.25, 0.3) is 0 Å². The highest BCUT2D eigenvalue weighted by molar-refractivity contribution is 5.76. The molecule has 1 fully saturated rings. The minimum atomic E-state index is -0.380. The van der Waals surface area contributed by atoms with Gasteiger partial charge in [0.25, 0.3) is 5.88 Å². The third kappa shape index (κ3) is 3.73. The van der Waals surface area contributed by atoms with Gasteiger partial charge >= 0.3 is 0 Å². The number of fused-ring (bicyclic) bond motifs is 2. The zero-order valence-corrected chi connectivity index (χ0v) is 16.4. The van der Waals surface area contributed by atoms with E-state index < -0.39 is 0 Å². The number of carbonyl (C=O) groups excluding carboxylic acids is 1. The molecule has 0 radical (unpaired) electrons. The van der Waals surface area contributed by atoms with Crippen molar-refractivity contribution >= 4 is 5.91 Å². The summed E-state index contributed by atoms with van der Waals surface area (Å²) in [6.45, 7) is 6.35. The Morgan fingerprint density at radius 1 is 1.36 bits per heavy atom. The predicted octanol–water partition coefficient (Wildman–Crippen LogP) is 2.19. The molecule has 0 atom stereocenters. The Morgan fingerprint density at radius 2 is 2.18 bits per heavy atom. The molecule has 1 saturated heterocycles. The number of nitrogens with zero attached hydrogens (tertiary/aromatic N) is 4. The summed E-state index contributed by atoms with van der Waals surface area (Å²) in [5, 5.41) is 3.83. The number of carbonyl (C=O) groups is 1. The molecule has 2 aromatic rings. The highest BCUT2D eigenvalue weighted by Crippen LogP contribution is 2.40. The molecule has 150 valence electrons. The van der Waals surface area contributed by atoms with Crippen LogP contribution >= 0.6 is 0 Å². The van der Waals surface area contributed by atoms with Gasteiger partial charge in [-0.3, -0.25) is 4.79 Å². The molecule has 2 aliphatic rings. The van der Waals surface area contributed by atoms with E-state index in [9.17, 15) is 4.79 Å². The second kappa shape index (κ2) is 7.87. The molecule has 1 spiro atoms. The van der Waals surface area contributed by atoms with Crippen molar-refractivity contribution < 1.29 is 18.8 Å². The first-order valence-electron chi connectivity index (χ1n) is 9.93. The fourth-order valence-electron chi connectivity index (χ4n) is 4.01. The Bertz CT molecular complexity index is 842. The zero-order valence-electron chi connectivity index (χ0n) is 16.4. The number of hydrogen-bond donors (Lipinski definition) is 0. The van der Waals surface area contributed by atoms with E-state index in [1.54, 1.807) is 6.07 Å². The molecule has 2 aliphatic heterocycles. The monoisotopic (exact) mass is 386 g/mol. The Kier molecular flexibility index (Phi) is 5.30. The van der Waals surface area contributed by atoms with Gasteiger partial charge in [-0.15, -0.1) is 0 Å². The molecule has 1 amide bonds. The first-order chi connectivity index (χ1) is 13.6. The number of aryl methyl sites for hydroxylation is 2. The Balaban J connectivity index is 1.35. The molecule has 0 N–H and O–H groups in total. The van der Waals surface area contributed by atoms with Crippen molar-refractivity contribution in [3.63, 3.8) is 0 Å². The van der Waals surface area contributed by atoms with Crippen molar-refractivity contribution in [2.45, 2.75) is 51.6 Å². The van der Waals surface area contributed by atoms with Crippen LogP contribution in [-0.4, -0.2) is 52.2 Å². The van der Waals surface area contributed by atoms with Gasteiger partial charge in [-0.1, -0.05) is 0 Å². The van der Waals surface area contributed by atoms with Gasteiger partial charge in [0, 0.05) is 38.2 Å². The fourth-order valence-corrected chi connectivity index (χ4v) is 4.01. The summed E-state index contributed by atoms with van der Waals surface area (Å²) >= 11 is 0. The maximum atomic E-state index is 12.6. The van der Waals surface area contributed by atoms with Gasteiger partial charge in [-0.25, -0.2) is 9.97 Å². The van der Waals surface area contributed by atoms with E-state index in [4.69, 9.17) is 14.0 Å². The lowest BCUT2D eigenvalue weighted by molar-refractivity contribution is -0.141. The quantitative estimate of drug-likeness (QED) is 0.778. The lowest BCUT2D eigenvalue weighted by atomic mass is 9.83. The van der Waals surface area contributed by atoms with Crippen molar-refractivity contribution in [2.75, 3.05) is 26.3 Å². The molecule has 8 nitrogen and oxygen atoms in total. The number of amides is 1. The van der Waals surface area contributed by atoms with Crippen LogP contribution in [0.5, 0.6) is 5.88 Å². The number of ether oxygens (including phenoxy) is 2. The van der Waals surface area contributed by atoms with Gasteiger partial charge in [-0.2, -0.15) is 0 Å². The van der Waals surface area contributed by atoms with Crippen LogP contribution in [0, 0.1) is 6.92 Å². The van der Waals surface area contributed by atoms with Gasteiger partial charge in [0.2, 0.25) is 5.91 Å². The van der Waals surface area contributed by atoms with Crippen molar-refractivity contribution in [3.8, 4) is 5.88 Å². The Labute approximate surface area is 164 Å². The highest BCUT2D eigenvalue weighted by atomic mass is 16.5. The molecule has 2 aromatic heterocycles. The summed E-state index contributed by atoms with van der Waals surface area (Å²) in [5.74, 6) is 2.02. The van der Waals surface area contributed by atoms with Crippen molar-refractivity contribution in [3.05, 3.63) is 35.1 Å². The van der Waals surface area contributed by atoms with E-state index >= 15 is 0 Å². The van der Waals surface area contributed by atoms with Gasteiger partial charge < -0.3 is 18.9 Å². The fraction of sp³-hybridized carbons (Fsp3) is 0.600. The smallest absolute Gasteiger partial charge is 0.254 e. The summed E-state index contributed by atoms with van der Waals surface area (Å²) < 4.78 is 16.7. The van der Waals surface area contributed by atoms with Gasteiger partial charge in [0.05, 0.1) is 18.9 Å². The average molecular weight is 386 g/mol. The Morgan fingerprint density at radius 3 is 2.96 bits per heavy atom. The van der Waals surface area contributed by atoms with Crippen LogP contribution in [0.2, 0.25) is 0 Å². The molecule has 4 rings (SSSR count). The van der Waals surface area contributed by atoms with Crippen molar-refractivity contribution in [1.29, 1.82) is 0 Å². The van der Waals surface area contributed by atoms with Crippen LogP contribution < -0.4 is 4.74 Å². The topological polar surface area (TPSA) is 90.6 Å². The predicted molar refractivity (Wildman–Crippen MR) is 99.9 cm³/mol. The van der Waals surface area contributed by atoms with E-state index in [2.05, 4.69) is 15.1 Å². The molecular weight excluding hydrogens is 360 g/mol. The molecule has 28 heavy (non-hydrogen) atoms. The molecule has 0 saturated carbocycles. The van der Waals surface area contributed by atoms with Crippen molar-refractivity contribution in [1.82, 2.24) is 20.0 Å². The number of likely N-dealkylation sites (tertiary alicyclic amines) is 1. The van der Waals surface area contributed by atoms with Gasteiger partial charge in [0.15, 0.2) is 0 Å². The lowest BCUT2D eigenvalue weighted by Gasteiger charge is -2.44. The van der Waals surface area contributed by atoms with Crippen LogP contribution in [-0.2, 0) is 28.0 Å². The normalized spacial score (nSPS) is 18.1.